The standard InChI is InChI=1S/C21H21N5O3/c1-11-16(13(3)26-21(25-11)22-10-23-26)9-18(27)29-14(4)20(28)19-12(2)24-17-8-6-5-7-15(17)19/h5-8,10,14,24H,9H2,1-4H3/t14-/m1/s1. The van der Waals surface area contributed by atoms with Crippen LogP contribution in [0, 0.1) is 20.8 Å². The Hall–Kier alpha value is -3.55. The van der Waals surface area contributed by atoms with Gasteiger partial charge in [-0.15, -0.1) is 0 Å². The fraction of sp³-hybridized carbons (Fsp3) is 0.286. The topological polar surface area (TPSA) is 102 Å². The lowest BCUT2D eigenvalue weighted by Gasteiger charge is -2.14. The Morgan fingerprint density at radius 3 is 2.76 bits per heavy atom. The molecule has 8 heteroatoms. The van der Waals surface area contributed by atoms with Crippen molar-refractivity contribution in [3.8, 4) is 0 Å². The number of ketones is 1. The number of aromatic nitrogens is 5. The normalized spacial score (nSPS) is 12.4. The van der Waals surface area contributed by atoms with Gasteiger partial charge in [-0.25, -0.2) is 9.50 Å². The third-order valence-corrected chi connectivity index (χ3v) is 5.13. The van der Waals surface area contributed by atoms with Gasteiger partial charge in [0.15, 0.2) is 6.10 Å². The lowest BCUT2D eigenvalue weighted by Crippen LogP contribution is -2.26. The number of aromatic amines is 1. The maximum atomic E-state index is 13.0. The Morgan fingerprint density at radius 1 is 1.21 bits per heavy atom. The predicted molar refractivity (Wildman–Crippen MR) is 107 cm³/mol. The third kappa shape index (κ3) is 3.26. The first-order valence-electron chi connectivity index (χ1n) is 9.33. The van der Waals surface area contributed by atoms with E-state index < -0.39 is 12.1 Å². The highest BCUT2D eigenvalue weighted by molar-refractivity contribution is 6.11. The summed E-state index contributed by atoms with van der Waals surface area (Å²) < 4.78 is 7.05. The Kier molecular flexibility index (Phi) is 4.62. The zero-order valence-corrected chi connectivity index (χ0v) is 16.7. The molecule has 0 bridgehead atoms. The number of Topliss-reactive ketones (excluding diaryl/α,β-unsaturated/α-hetero) is 1. The minimum Gasteiger partial charge on any atom is -0.454 e. The van der Waals surface area contributed by atoms with E-state index in [2.05, 4.69) is 20.1 Å². The van der Waals surface area contributed by atoms with Crippen LogP contribution in [0.5, 0.6) is 0 Å². The quantitative estimate of drug-likeness (QED) is 0.415. The lowest BCUT2D eigenvalue weighted by molar-refractivity contribution is -0.145. The van der Waals surface area contributed by atoms with Gasteiger partial charge in [0.05, 0.1) is 6.42 Å². The first kappa shape index (κ1) is 18.8. The number of carbonyl (C=O) groups is 2. The van der Waals surface area contributed by atoms with E-state index in [0.717, 1.165) is 27.9 Å². The molecule has 29 heavy (non-hydrogen) atoms. The van der Waals surface area contributed by atoms with Crippen molar-refractivity contribution in [2.75, 3.05) is 0 Å². The highest BCUT2D eigenvalue weighted by Crippen LogP contribution is 2.24. The summed E-state index contributed by atoms with van der Waals surface area (Å²) in [6, 6.07) is 7.57. The van der Waals surface area contributed by atoms with Crippen molar-refractivity contribution in [3.63, 3.8) is 0 Å². The van der Waals surface area contributed by atoms with Crippen molar-refractivity contribution in [2.45, 2.75) is 40.2 Å². The lowest BCUT2D eigenvalue weighted by atomic mass is 10.0. The first-order valence-corrected chi connectivity index (χ1v) is 9.33. The summed E-state index contributed by atoms with van der Waals surface area (Å²) in [5.74, 6) is -0.238. The van der Waals surface area contributed by atoms with E-state index in [1.807, 2.05) is 45.0 Å². The van der Waals surface area contributed by atoms with Gasteiger partial charge < -0.3 is 9.72 Å². The number of esters is 1. The number of rotatable bonds is 5. The zero-order chi connectivity index (χ0) is 20.7. The molecule has 4 aromatic rings. The van der Waals surface area contributed by atoms with Gasteiger partial charge in [-0.2, -0.15) is 10.1 Å². The van der Waals surface area contributed by atoms with Crippen molar-refractivity contribution in [2.24, 2.45) is 0 Å². The number of para-hydroxylation sites is 1. The molecule has 8 nitrogen and oxygen atoms in total. The summed E-state index contributed by atoms with van der Waals surface area (Å²) in [6.07, 6.45) is 0.524. The van der Waals surface area contributed by atoms with Crippen molar-refractivity contribution < 1.29 is 14.3 Å². The Morgan fingerprint density at radius 2 is 1.97 bits per heavy atom. The molecule has 0 aliphatic carbocycles. The predicted octanol–water partition coefficient (Wildman–Crippen LogP) is 2.89. The third-order valence-electron chi connectivity index (χ3n) is 5.13. The number of ether oxygens (including phenoxy) is 1. The number of hydrogen-bond acceptors (Lipinski definition) is 6. The average molecular weight is 391 g/mol. The monoisotopic (exact) mass is 391 g/mol. The van der Waals surface area contributed by atoms with Crippen LogP contribution in [0.4, 0.5) is 0 Å². The molecule has 1 atom stereocenters. The summed E-state index contributed by atoms with van der Waals surface area (Å²) in [7, 11) is 0. The average Bonchev–Trinajstić information content (AvgIpc) is 3.27. The SMILES string of the molecule is Cc1nc2ncnn2c(C)c1CC(=O)O[C@H](C)C(=O)c1c(C)[nH]c2ccccc12. The summed E-state index contributed by atoms with van der Waals surface area (Å²) in [5, 5.41) is 4.95. The Balaban J connectivity index is 1.54. The van der Waals surface area contributed by atoms with Crippen LogP contribution >= 0.6 is 0 Å². The maximum Gasteiger partial charge on any atom is 0.311 e. The smallest absolute Gasteiger partial charge is 0.311 e. The van der Waals surface area contributed by atoms with E-state index in [9.17, 15) is 9.59 Å². The number of H-pyrrole nitrogens is 1. The van der Waals surface area contributed by atoms with Crippen LogP contribution in [-0.2, 0) is 16.0 Å². The zero-order valence-electron chi connectivity index (χ0n) is 16.7. The number of hydrogen-bond donors (Lipinski definition) is 1. The molecule has 0 aliphatic rings. The molecule has 0 saturated carbocycles. The van der Waals surface area contributed by atoms with Gasteiger partial charge in [0.2, 0.25) is 5.78 Å². The molecule has 0 spiro atoms. The maximum absolute atomic E-state index is 13.0. The minimum absolute atomic E-state index is 0.00491. The Labute approximate surface area is 166 Å². The van der Waals surface area contributed by atoms with Crippen LogP contribution in [0.15, 0.2) is 30.6 Å². The minimum atomic E-state index is -0.899. The largest absolute Gasteiger partial charge is 0.454 e. The molecule has 0 radical (unpaired) electrons. The highest BCUT2D eigenvalue weighted by Gasteiger charge is 2.25. The molecule has 148 valence electrons. The van der Waals surface area contributed by atoms with Crippen LogP contribution in [0.1, 0.15) is 39.9 Å². The van der Waals surface area contributed by atoms with E-state index in [0.29, 0.717) is 17.0 Å². The molecule has 3 heterocycles. The van der Waals surface area contributed by atoms with Gasteiger partial charge in [0.25, 0.3) is 5.78 Å². The van der Waals surface area contributed by atoms with Crippen LogP contribution < -0.4 is 0 Å². The number of nitrogens with one attached hydrogen (secondary N) is 1. The summed E-state index contributed by atoms with van der Waals surface area (Å²) >= 11 is 0. The van der Waals surface area contributed by atoms with E-state index in [1.165, 1.54) is 6.33 Å². The number of benzene rings is 1. The van der Waals surface area contributed by atoms with Gasteiger partial charge >= 0.3 is 5.97 Å². The van der Waals surface area contributed by atoms with Gasteiger partial charge in [-0.05, 0) is 33.8 Å². The number of carbonyl (C=O) groups excluding carboxylic acids is 2. The summed E-state index contributed by atoms with van der Waals surface area (Å²) in [5.41, 5.74) is 4.37. The van der Waals surface area contributed by atoms with E-state index >= 15 is 0 Å². The van der Waals surface area contributed by atoms with Crippen LogP contribution in [0.3, 0.4) is 0 Å². The van der Waals surface area contributed by atoms with Crippen molar-refractivity contribution in [1.29, 1.82) is 0 Å². The fourth-order valence-corrected chi connectivity index (χ4v) is 3.65. The number of aryl methyl sites for hydroxylation is 3. The highest BCUT2D eigenvalue weighted by atomic mass is 16.5. The van der Waals surface area contributed by atoms with Gasteiger partial charge in [-0.1, -0.05) is 18.2 Å². The molecule has 0 saturated heterocycles. The van der Waals surface area contributed by atoms with Crippen LogP contribution in [0.25, 0.3) is 16.7 Å². The second-order valence-electron chi connectivity index (χ2n) is 7.08. The number of fused-ring (bicyclic) bond motifs is 2. The van der Waals surface area contributed by atoms with E-state index in [1.54, 1.807) is 11.4 Å². The molecule has 0 aliphatic heterocycles. The Bertz CT molecular complexity index is 1250. The molecule has 0 fully saturated rings. The van der Waals surface area contributed by atoms with E-state index in [-0.39, 0.29) is 12.2 Å². The molecule has 1 aromatic carbocycles. The second-order valence-corrected chi connectivity index (χ2v) is 7.08. The van der Waals surface area contributed by atoms with Crippen LogP contribution in [0.2, 0.25) is 0 Å². The van der Waals surface area contributed by atoms with Gasteiger partial charge in [-0.3, -0.25) is 9.59 Å². The van der Waals surface area contributed by atoms with Gasteiger partial charge in [0, 0.05) is 39.1 Å². The fourth-order valence-electron chi connectivity index (χ4n) is 3.65. The van der Waals surface area contributed by atoms with Crippen molar-refractivity contribution in [1.82, 2.24) is 24.6 Å². The van der Waals surface area contributed by atoms with Crippen LogP contribution in [-0.4, -0.2) is 42.4 Å². The van der Waals surface area contributed by atoms with Crippen molar-refractivity contribution in [3.05, 3.63) is 58.8 Å². The van der Waals surface area contributed by atoms with Crippen molar-refractivity contribution >= 4 is 28.4 Å². The molecule has 3 aromatic heterocycles. The molecular formula is C21H21N5O3. The molecule has 0 unspecified atom stereocenters. The molecular weight excluding hydrogens is 370 g/mol. The first-order chi connectivity index (χ1) is 13.9. The number of nitrogens with zero attached hydrogens (tertiary/aromatic N) is 4. The summed E-state index contributed by atoms with van der Waals surface area (Å²) in [4.78, 5) is 37.2. The second kappa shape index (κ2) is 7.12. The molecule has 0 amide bonds. The molecule has 1 N–H and O–H groups in total. The summed E-state index contributed by atoms with van der Waals surface area (Å²) in [6.45, 7) is 7.10. The van der Waals surface area contributed by atoms with Gasteiger partial charge in [0.1, 0.15) is 6.33 Å². The van der Waals surface area contributed by atoms with E-state index in [4.69, 9.17) is 4.74 Å². The molecule has 4 rings (SSSR count).